The van der Waals surface area contributed by atoms with Crippen molar-refractivity contribution in [3.8, 4) is 0 Å². The second kappa shape index (κ2) is 7.59. The summed E-state index contributed by atoms with van der Waals surface area (Å²) in [6.45, 7) is 0. The minimum absolute atomic E-state index is 0.0193. The van der Waals surface area contributed by atoms with Crippen molar-refractivity contribution < 1.29 is 16.8 Å². The lowest BCUT2D eigenvalue weighted by atomic mass is 10.3. The highest BCUT2D eigenvalue weighted by Crippen LogP contribution is 2.30. The number of nitrogens with one attached hydrogen (secondary N) is 2. The molecule has 0 saturated carbocycles. The molecule has 2 N–H and O–H groups in total. The molecule has 0 heterocycles. The molecule has 3 aromatic carbocycles. The Hall–Kier alpha value is -2.55. The highest BCUT2D eigenvalue weighted by Gasteiger charge is 2.20. The quantitative estimate of drug-likeness (QED) is 0.629. The van der Waals surface area contributed by atoms with Gasteiger partial charge >= 0.3 is 0 Å². The van der Waals surface area contributed by atoms with Gasteiger partial charge in [-0.15, -0.1) is 0 Å². The Morgan fingerprint density at radius 1 is 0.593 bits per heavy atom. The standard InChI is InChI=1S/C18H15ClN2O4S2/c19-14-11-12-17(20-26(22,23)15-7-3-1-4-8-15)18(13-14)21-27(24,25)16-9-5-2-6-10-16/h1-13,20-21H. The van der Waals surface area contributed by atoms with Crippen LogP contribution in [0.2, 0.25) is 5.02 Å². The number of benzene rings is 3. The first kappa shape index (κ1) is 19.2. The van der Waals surface area contributed by atoms with Crippen molar-refractivity contribution in [1.29, 1.82) is 0 Å². The van der Waals surface area contributed by atoms with Crippen molar-refractivity contribution in [2.75, 3.05) is 9.44 Å². The van der Waals surface area contributed by atoms with E-state index in [9.17, 15) is 16.8 Å². The van der Waals surface area contributed by atoms with E-state index in [-0.39, 0.29) is 26.2 Å². The molecule has 3 rings (SSSR count). The molecule has 0 aliphatic carbocycles. The average molecular weight is 423 g/mol. The molecular formula is C18H15ClN2O4S2. The van der Waals surface area contributed by atoms with Gasteiger partial charge in [0.2, 0.25) is 0 Å². The number of hydrogen-bond donors (Lipinski definition) is 2. The molecule has 0 bridgehead atoms. The van der Waals surface area contributed by atoms with Crippen LogP contribution < -0.4 is 9.44 Å². The summed E-state index contributed by atoms with van der Waals surface area (Å²) in [7, 11) is -7.81. The maximum atomic E-state index is 12.6. The van der Waals surface area contributed by atoms with Gasteiger partial charge in [-0.3, -0.25) is 9.44 Å². The van der Waals surface area contributed by atoms with Gasteiger partial charge in [-0.2, -0.15) is 0 Å². The third kappa shape index (κ3) is 4.60. The summed E-state index contributed by atoms with van der Waals surface area (Å²) in [6, 6.07) is 19.7. The number of rotatable bonds is 6. The predicted molar refractivity (Wildman–Crippen MR) is 106 cm³/mol. The molecule has 0 amide bonds. The lowest BCUT2D eigenvalue weighted by Crippen LogP contribution is -2.17. The van der Waals surface area contributed by atoms with Gasteiger partial charge in [0.05, 0.1) is 21.2 Å². The van der Waals surface area contributed by atoms with Crippen LogP contribution in [0, 0.1) is 0 Å². The molecule has 0 aliphatic heterocycles. The third-order valence-electron chi connectivity index (χ3n) is 3.58. The first-order valence-electron chi connectivity index (χ1n) is 7.73. The Morgan fingerprint density at radius 2 is 1.04 bits per heavy atom. The van der Waals surface area contributed by atoms with Crippen LogP contribution in [0.3, 0.4) is 0 Å². The number of halogens is 1. The first-order valence-corrected chi connectivity index (χ1v) is 11.1. The van der Waals surface area contributed by atoms with Crippen LogP contribution in [0.4, 0.5) is 11.4 Å². The van der Waals surface area contributed by atoms with E-state index in [0.29, 0.717) is 0 Å². The van der Waals surface area contributed by atoms with E-state index in [1.54, 1.807) is 36.4 Å². The van der Waals surface area contributed by atoms with Crippen molar-refractivity contribution in [3.05, 3.63) is 83.9 Å². The van der Waals surface area contributed by atoms with Crippen LogP contribution in [0.1, 0.15) is 0 Å². The normalized spacial score (nSPS) is 11.7. The van der Waals surface area contributed by atoms with E-state index in [0.717, 1.165) is 0 Å². The fraction of sp³-hybridized carbons (Fsp3) is 0. The van der Waals surface area contributed by atoms with Gasteiger partial charge in [-0.1, -0.05) is 48.0 Å². The van der Waals surface area contributed by atoms with Gasteiger partial charge < -0.3 is 0 Å². The molecule has 0 aliphatic rings. The van der Waals surface area contributed by atoms with Crippen LogP contribution in [0.25, 0.3) is 0 Å². The molecule has 140 valence electrons. The second-order valence-electron chi connectivity index (χ2n) is 5.53. The average Bonchev–Trinajstić information content (AvgIpc) is 2.65. The van der Waals surface area contributed by atoms with E-state index in [2.05, 4.69) is 9.44 Å². The summed E-state index contributed by atoms with van der Waals surface area (Å²) in [4.78, 5) is 0.0960. The van der Waals surface area contributed by atoms with Crippen molar-refractivity contribution in [2.24, 2.45) is 0 Å². The Kier molecular flexibility index (Phi) is 5.41. The fourth-order valence-corrected chi connectivity index (χ4v) is 4.66. The zero-order valence-electron chi connectivity index (χ0n) is 13.8. The summed E-state index contributed by atoms with van der Waals surface area (Å²) in [5.41, 5.74) is 0.0774. The smallest absolute Gasteiger partial charge is 0.261 e. The highest BCUT2D eigenvalue weighted by atomic mass is 35.5. The highest BCUT2D eigenvalue weighted by molar-refractivity contribution is 7.93. The van der Waals surface area contributed by atoms with Gasteiger partial charge in [0, 0.05) is 5.02 Å². The second-order valence-corrected chi connectivity index (χ2v) is 9.33. The Morgan fingerprint density at radius 3 is 1.52 bits per heavy atom. The number of anilines is 2. The molecule has 27 heavy (non-hydrogen) atoms. The third-order valence-corrected chi connectivity index (χ3v) is 6.58. The predicted octanol–water partition coefficient (Wildman–Crippen LogP) is 3.94. The van der Waals surface area contributed by atoms with Crippen molar-refractivity contribution in [1.82, 2.24) is 0 Å². The summed E-state index contributed by atoms with van der Waals surface area (Å²) in [5, 5.41) is 0.253. The topological polar surface area (TPSA) is 92.3 Å². The zero-order valence-corrected chi connectivity index (χ0v) is 16.2. The first-order chi connectivity index (χ1) is 12.8. The van der Waals surface area contributed by atoms with Gasteiger partial charge in [0.15, 0.2) is 0 Å². The summed E-state index contributed by atoms with van der Waals surface area (Å²) < 4.78 is 55.0. The fourth-order valence-electron chi connectivity index (χ4n) is 2.30. The van der Waals surface area contributed by atoms with Crippen LogP contribution in [-0.2, 0) is 20.0 Å². The maximum Gasteiger partial charge on any atom is 0.261 e. The molecule has 6 nitrogen and oxygen atoms in total. The Bertz CT molecular complexity index is 1150. The van der Waals surface area contributed by atoms with Crippen molar-refractivity contribution in [3.63, 3.8) is 0 Å². The van der Waals surface area contributed by atoms with Gasteiger partial charge in [-0.05, 0) is 42.5 Å². The largest absolute Gasteiger partial charge is 0.277 e. The summed E-state index contributed by atoms with van der Waals surface area (Å²) in [6.07, 6.45) is 0. The Labute approximate surface area is 162 Å². The van der Waals surface area contributed by atoms with Crippen LogP contribution in [-0.4, -0.2) is 16.8 Å². The molecular weight excluding hydrogens is 408 g/mol. The summed E-state index contributed by atoms with van der Waals surface area (Å²) in [5.74, 6) is 0. The van der Waals surface area contributed by atoms with E-state index in [1.165, 1.54) is 42.5 Å². The van der Waals surface area contributed by atoms with Crippen molar-refractivity contribution >= 4 is 43.0 Å². The molecule has 0 saturated heterocycles. The molecule has 0 atom stereocenters. The minimum Gasteiger partial charge on any atom is -0.277 e. The summed E-state index contributed by atoms with van der Waals surface area (Å²) >= 11 is 5.97. The number of sulfonamides is 2. The molecule has 9 heteroatoms. The molecule has 0 spiro atoms. The van der Waals surface area contributed by atoms with Gasteiger partial charge in [0.1, 0.15) is 0 Å². The SMILES string of the molecule is O=S(=O)(Nc1ccc(Cl)cc1NS(=O)(=O)c1ccccc1)c1ccccc1. The number of hydrogen-bond acceptors (Lipinski definition) is 4. The molecule has 0 aromatic heterocycles. The van der Waals surface area contributed by atoms with E-state index < -0.39 is 20.0 Å². The van der Waals surface area contributed by atoms with E-state index in [1.807, 2.05) is 0 Å². The molecule has 3 aromatic rings. The Balaban J connectivity index is 1.97. The van der Waals surface area contributed by atoms with Crippen LogP contribution in [0.5, 0.6) is 0 Å². The van der Waals surface area contributed by atoms with Gasteiger partial charge in [-0.25, -0.2) is 16.8 Å². The molecule has 0 radical (unpaired) electrons. The monoisotopic (exact) mass is 422 g/mol. The maximum absolute atomic E-state index is 12.6. The zero-order chi connectivity index (χ0) is 19.5. The van der Waals surface area contributed by atoms with Crippen LogP contribution in [0.15, 0.2) is 88.7 Å². The minimum atomic E-state index is -3.92. The molecule has 0 fully saturated rings. The van der Waals surface area contributed by atoms with Crippen molar-refractivity contribution in [2.45, 2.75) is 9.79 Å². The van der Waals surface area contributed by atoms with Crippen LogP contribution >= 0.6 is 11.6 Å². The van der Waals surface area contributed by atoms with E-state index >= 15 is 0 Å². The molecule has 0 unspecified atom stereocenters. The van der Waals surface area contributed by atoms with E-state index in [4.69, 9.17) is 11.6 Å². The lowest BCUT2D eigenvalue weighted by Gasteiger charge is -2.15. The van der Waals surface area contributed by atoms with Gasteiger partial charge in [0.25, 0.3) is 20.0 Å². The lowest BCUT2D eigenvalue weighted by molar-refractivity contribution is 0.599.